The number of hydrogen-bond donors (Lipinski definition) is 1. The number of benzene rings is 2. The summed E-state index contributed by atoms with van der Waals surface area (Å²) in [5.74, 6) is 0. The Labute approximate surface area is 97.5 Å². The average Bonchev–Trinajstić information content (AvgIpc) is 2.77. The molecule has 3 heteroatoms. The van der Waals surface area contributed by atoms with E-state index in [1.807, 2.05) is 24.3 Å². The number of hydrogen-bond acceptors (Lipinski definition) is 2. The Morgan fingerprint density at radius 3 is 1.65 bits per heavy atom. The first-order valence-electron chi connectivity index (χ1n) is 5.19. The molecule has 1 heterocycles. The molecule has 0 bridgehead atoms. The van der Waals surface area contributed by atoms with Crippen LogP contribution in [0.25, 0.3) is 21.8 Å². The summed E-state index contributed by atoms with van der Waals surface area (Å²) >= 11 is 0. The Morgan fingerprint density at radius 2 is 1.24 bits per heavy atom. The van der Waals surface area contributed by atoms with Crippen LogP contribution in [0.2, 0.25) is 0 Å². The molecule has 0 amide bonds. The molecular weight excluding hydrogens is 210 g/mol. The third kappa shape index (κ3) is 1.20. The quantitative estimate of drug-likeness (QED) is 0.629. The second kappa shape index (κ2) is 3.37. The largest absolute Gasteiger partial charge is 0.352 e. The molecule has 3 aromatic rings. The second-order valence-corrected chi connectivity index (χ2v) is 3.80. The molecule has 78 valence electrons. The summed E-state index contributed by atoms with van der Waals surface area (Å²) < 4.78 is 0. The minimum Gasteiger partial charge on any atom is -0.352 e. The maximum atomic E-state index is 9.05. The van der Waals surface area contributed by atoms with Crippen LogP contribution in [0.4, 0.5) is 0 Å². The smallest absolute Gasteiger partial charge is 0.101 e. The first kappa shape index (κ1) is 9.45. The number of rotatable bonds is 0. The Bertz CT molecular complexity index is 745. The maximum Gasteiger partial charge on any atom is 0.101 e. The second-order valence-electron chi connectivity index (χ2n) is 3.80. The van der Waals surface area contributed by atoms with Gasteiger partial charge in [-0.25, -0.2) is 0 Å². The predicted octanol–water partition coefficient (Wildman–Crippen LogP) is 3.06. The standard InChI is InChI=1S/C14H7N3/c15-7-9-3-1-5-11-12-6-2-4-10(8-16)14(12)17-13(9)11/h1-6,17H. The molecule has 2 aromatic carbocycles. The lowest BCUT2D eigenvalue weighted by Gasteiger charge is -1.92. The van der Waals surface area contributed by atoms with Crippen molar-refractivity contribution >= 4 is 21.8 Å². The van der Waals surface area contributed by atoms with Crippen molar-refractivity contribution < 1.29 is 0 Å². The molecule has 1 aromatic heterocycles. The first-order valence-corrected chi connectivity index (χ1v) is 5.19. The van der Waals surface area contributed by atoms with Crippen LogP contribution < -0.4 is 0 Å². The molecule has 0 aliphatic carbocycles. The number of nitrogens with zero attached hydrogens (tertiary/aromatic N) is 2. The van der Waals surface area contributed by atoms with Gasteiger partial charge in [0.05, 0.1) is 22.2 Å². The lowest BCUT2D eigenvalue weighted by atomic mass is 10.1. The summed E-state index contributed by atoms with van der Waals surface area (Å²) in [6.07, 6.45) is 0. The molecule has 0 radical (unpaired) electrons. The number of aromatic amines is 1. The van der Waals surface area contributed by atoms with Gasteiger partial charge in [0.15, 0.2) is 0 Å². The van der Waals surface area contributed by atoms with Crippen LogP contribution in [-0.2, 0) is 0 Å². The van der Waals surface area contributed by atoms with Gasteiger partial charge in [0.1, 0.15) is 12.1 Å². The van der Waals surface area contributed by atoms with E-state index in [1.54, 1.807) is 12.1 Å². The van der Waals surface area contributed by atoms with Gasteiger partial charge < -0.3 is 4.98 Å². The van der Waals surface area contributed by atoms with Gasteiger partial charge in [-0.05, 0) is 12.1 Å². The molecule has 3 nitrogen and oxygen atoms in total. The van der Waals surface area contributed by atoms with Crippen LogP contribution in [0.5, 0.6) is 0 Å². The van der Waals surface area contributed by atoms with Crippen LogP contribution in [0.1, 0.15) is 11.1 Å². The summed E-state index contributed by atoms with van der Waals surface area (Å²) in [5.41, 5.74) is 2.80. The lowest BCUT2D eigenvalue weighted by Crippen LogP contribution is -1.77. The molecule has 1 N–H and O–H groups in total. The van der Waals surface area contributed by atoms with Crippen molar-refractivity contribution in [3.05, 3.63) is 47.5 Å². The van der Waals surface area contributed by atoms with Gasteiger partial charge in [0.25, 0.3) is 0 Å². The third-order valence-corrected chi connectivity index (χ3v) is 2.91. The minimum absolute atomic E-state index is 0.600. The van der Waals surface area contributed by atoms with Gasteiger partial charge in [-0.3, -0.25) is 0 Å². The summed E-state index contributed by atoms with van der Waals surface area (Å²) in [4.78, 5) is 3.17. The third-order valence-electron chi connectivity index (χ3n) is 2.91. The molecule has 0 spiro atoms. The number of aromatic nitrogens is 1. The van der Waals surface area contributed by atoms with Crippen molar-refractivity contribution in [2.24, 2.45) is 0 Å². The van der Waals surface area contributed by atoms with E-state index >= 15 is 0 Å². The Hall–Kier alpha value is -2.78. The lowest BCUT2D eigenvalue weighted by molar-refractivity contribution is 1.45. The number of para-hydroxylation sites is 2. The van der Waals surface area contributed by atoms with E-state index in [9.17, 15) is 0 Å². The number of nitriles is 2. The van der Waals surface area contributed by atoms with Crippen molar-refractivity contribution in [1.29, 1.82) is 10.5 Å². The summed E-state index contributed by atoms with van der Waals surface area (Å²) in [5, 5.41) is 20.1. The van der Waals surface area contributed by atoms with Gasteiger partial charge in [-0.1, -0.05) is 24.3 Å². The molecule has 0 saturated carbocycles. The highest BCUT2D eigenvalue weighted by molar-refractivity contribution is 6.10. The fraction of sp³-hybridized carbons (Fsp3) is 0. The maximum absolute atomic E-state index is 9.05. The fourth-order valence-corrected chi connectivity index (χ4v) is 2.13. The van der Waals surface area contributed by atoms with Gasteiger partial charge in [0, 0.05) is 10.8 Å². The zero-order chi connectivity index (χ0) is 11.8. The van der Waals surface area contributed by atoms with Gasteiger partial charge >= 0.3 is 0 Å². The molecule has 3 rings (SSSR count). The molecule has 0 atom stereocenters. The monoisotopic (exact) mass is 217 g/mol. The van der Waals surface area contributed by atoms with E-state index in [0.29, 0.717) is 11.1 Å². The van der Waals surface area contributed by atoms with E-state index in [1.165, 1.54) is 0 Å². The topological polar surface area (TPSA) is 63.4 Å². The van der Waals surface area contributed by atoms with E-state index in [4.69, 9.17) is 10.5 Å². The highest BCUT2D eigenvalue weighted by atomic mass is 14.7. The molecule has 0 aliphatic rings. The number of fused-ring (bicyclic) bond motifs is 3. The van der Waals surface area contributed by atoms with Crippen LogP contribution in [0, 0.1) is 22.7 Å². The van der Waals surface area contributed by atoms with E-state index in [2.05, 4.69) is 17.1 Å². The Balaban J connectivity index is 2.60. The van der Waals surface area contributed by atoms with Gasteiger partial charge in [0.2, 0.25) is 0 Å². The van der Waals surface area contributed by atoms with E-state index in [0.717, 1.165) is 21.8 Å². The highest BCUT2D eigenvalue weighted by Crippen LogP contribution is 2.28. The van der Waals surface area contributed by atoms with E-state index < -0.39 is 0 Å². The zero-order valence-electron chi connectivity index (χ0n) is 8.86. The van der Waals surface area contributed by atoms with Crippen LogP contribution in [-0.4, -0.2) is 4.98 Å². The molecule has 0 aliphatic heterocycles. The van der Waals surface area contributed by atoms with Crippen molar-refractivity contribution in [3.8, 4) is 12.1 Å². The van der Waals surface area contributed by atoms with Gasteiger partial charge in [-0.2, -0.15) is 10.5 Å². The number of nitrogens with one attached hydrogen (secondary N) is 1. The molecule has 0 saturated heterocycles. The van der Waals surface area contributed by atoms with Crippen molar-refractivity contribution in [1.82, 2.24) is 4.98 Å². The molecule has 0 unspecified atom stereocenters. The number of H-pyrrole nitrogens is 1. The van der Waals surface area contributed by atoms with Crippen molar-refractivity contribution in [2.45, 2.75) is 0 Å². The average molecular weight is 217 g/mol. The van der Waals surface area contributed by atoms with E-state index in [-0.39, 0.29) is 0 Å². The first-order chi connectivity index (χ1) is 8.35. The Kier molecular flexibility index (Phi) is 1.87. The summed E-state index contributed by atoms with van der Waals surface area (Å²) in [6, 6.07) is 15.5. The van der Waals surface area contributed by atoms with Crippen LogP contribution >= 0.6 is 0 Å². The molecule has 17 heavy (non-hydrogen) atoms. The fourth-order valence-electron chi connectivity index (χ4n) is 2.13. The zero-order valence-corrected chi connectivity index (χ0v) is 8.86. The molecular formula is C14H7N3. The summed E-state index contributed by atoms with van der Waals surface area (Å²) in [6.45, 7) is 0. The van der Waals surface area contributed by atoms with Crippen LogP contribution in [0.3, 0.4) is 0 Å². The Morgan fingerprint density at radius 1 is 0.765 bits per heavy atom. The normalized spacial score (nSPS) is 10.2. The van der Waals surface area contributed by atoms with Gasteiger partial charge in [-0.15, -0.1) is 0 Å². The highest BCUT2D eigenvalue weighted by Gasteiger charge is 2.09. The molecule has 0 fully saturated rings. The predicted molar refractivity (Wildman–Crippen MR) is 65.2 cm³/mol. The summed E-state index contributed by atoms with van der Waals surface area (Å²) in [7, 11) is 0. The SMILES string of the molecule is N#Cc1cccc2c1[nH]c1c(C#N)cccc12. The van der Waals surface area contributed by atoms with Crippen LogP contribution in [0.15, 0.2) is 36.4 Å². The van der Waals surface area contributed by atoms with Crippen molar-refractivity contribution in [2.75, 3.05) is 0 Å². The minimum atomic E-state index is 0.600. The van der Waals surface area contributed by atoms with Crippen molar-refractivity contribution in [3.63, 3.8) is 0 Å².